The number of carbonyl (C=O) groups excluding carboxylic acids is 2. The van der Waals surface area contributed by atoms with E-state index < -0.39 is 23.9 Å². The Morgan fingerprint density at radius 2 is 1.47 bits per heavy atom. The number of imide groups is 1. The van der Waals surface area contributed by atoms with Crippen LogP contribution >= 0.6 is 11.8 Å². The molecule has 0 aliphatic carbocycles. The maximum absolute atomic E-state index is 13.1. The Hall–Kier alpha value is -3.84. The number of carbonyl (C=O) groups is 3. The molecule has 6 nitrogen and oxygen atoms in total. The van der Waals surface area contributed by atoms with Gasteiger partial charge in [-0.3, -0.25) is 9.69 Å². The second-order valence-electron chi connectivity index (χ2n) is 8.16. The molecular formula is C29H30N2O4S. The highest BCUT2D eigenvalue weighted by atomic mass is 32.2. The first-order valence-corrected chi connectivity index (χ1v) is 12.9. The van der Waals surface area contributed by atoms with E-state index in [0.717, 1.165) is 21.6 Å². The van der Waals surface area contributed by atoms with Crippen molar-refractivity contribution in [3.8, 4) is 0 Å². The Kier molecular flexibility index (Phi) is 10.3. The molecule has 0 bridgehead atoms. The molecule has 0 aromatic heterocycles. The third kappa shape index (κ3) is 8.13. The number of hydrogen-bond donors (Lipinski definition) is 2. The van der Waals surface area contributed by atoms with Crippen LogP contribution in [-0.4, -0.2) is 46.3 Å². The minimum atomic E-state index is -1.14. The van der Waals surface area contributed by atoms with Gasteiger partial charge in [-0.2, -0.15) is 11.8 Å². The maximum atomic E-state index is 13.1. The molecule has 0 unspecified atom stereocenters. The lowest BCUT2D eigenvalue weighted by atomic mass is 10.1. The second kappa shape index (κ2) is 13.9. The molecule has 0 heterocycles. The zero-order valence-electron chi connectivity index (χ0n) is 20.2. The van der Waals surface area contributed by atoms with Crippen LogP contribution < -0.4 is 5.32 Å². The van der Waals surface area contributed by atoms with Gasteiger partial charge in [-0.1, -0.05) is 91.9 Å². The van der Waals surface area contributed by atoms with Crippen molar-refractivity contribution in [1.82, 2.24) is 10.2 Å². The molecule has 3 aromatic rings. The van der Waals surface area contributed by atoms with E-state index >= 15 is 0 Å². The van der Waals surface area contributed by atoms with Crippen LogP contribution in [0.5, 0.6) is 0 Å². The van der Waals surface area contributed by atoms with Gasteiger partial charge in [0.25, 0.3) is 5.91 Å². The zero-order chi connectivity index (χ0) is 25.8. The number of thioether (sulfide) groups is 1. The van der Waals surface area contributed by atoms with E-state index in [-0.39, 0.29) is 12.3 Å². The van der Waals surface area contributed by atoms with Gasteiger partial charge in [-0.05, 0) is 35.2 Å². The quantitative estimate of drug-likeness (QED) is 0.323. The Balaban J connectivity index is 1.62. The van der Waals surface area contributed by atoms with E-state index in [1.165, 1.54) is 11.8 Å². The molecule has 0 fully saturated rings. The number of urea groups is 1. The van der Waals surface area contributed by atoms with Crippen molar-refractivity contribution >= 4 is 41.8 Å². The lowest BCUT2D eigenvalue weighted by Crippen LogP contribution is -2.51. The fraction of sp³-hybridized carbons (Fsp3) is 0.207. The number of carboxylic acids is 1. The molecule has 0 saturated heterocycles. The average Bonchev–Trinajstić information content (AvgIpc) is 2.91. The fourth-order valence-electron chi connectivity index (χ4n) is 3.44. The normalized spacial score (nSPS) is 11.7. The number of aliphatic carboxylic acids is 1. The van der Waals surface area contributed by atoms with Crippen LogP contribution in [0.4, 0.5) is 4.79 Å². The van der Waals surface area contributed by atoms with Crippen molar-refractivity contribution in [3.05, 3.63) is 107 Å². The van der Waals surface area contributed by atoms with Crippen molar-refractivity contribution in [2.75, 3.05) is 12.3 Å². The Morgan fingerprint density at radius 3 is 2.06 bits per heavy atom. The smallest absolute Gasteiger partial charge is 0.327 e. The number of rotatable bonds is 11. The summed E-state index contributed by atoms with van der Waals surface area (Å²) in [5, 5.41) is 12.1. The van der Waals surface area contributed by atoms with Crippen LogP contribution in [-0.2, 0) is 10.5 Å². The van der Waals surface area contributed by atoms with Crippen LogP contribution in [0.15, 0.2) is 84.9 Å². The van der Waals surface area contributed by atoms with Gasteiger partial charge in [0.1, 0.15) is 6.04 Å². The third-order valence-electron chi connectivity index (χ3n) is 5.35. The second-order valence-corrected chi connectivity index (χ2v) is 9.19. The van der Waals surface area contributed by atoms with Crippen LogP contribution in [0.25, 0.3) is 12.2 Å². The lowest BCUT2D eigenvalue weighted by Gasteiger charge is -2.23. The fourth-order valence-corrected chi connectivity index (χ4v) is 4.45. The van der Waals surface area contributed by atoms with E-state index in [9.17, 15) is 19.5 Å². The summed E-state index contributed by atoms with van der Waals surface area (Å²) in [7, 11) is 0. The molecule has 2 N–H and O–H groups in total. The summed E-state index contributed by atoms with van der Waals surface area (Å²) in [5.41, 5.74) is 3.42. The number of hydrogen-bond acceptors (Lipinski definition) is 4. The molecule has 36 heavy (non-hydrogen) atoms. The minimum Gasteiger partial charge on any atom is -0.480 e. The molecule has 0 aliphatic heterocycles. The highest BCUT2D eigenvalue weighted by molar-refractivity contribution is 7.98. The molecular weight excluding hydrogens is 472 g/mol. The standard InChI is InChI=1S/C29H30N2O4S/c1-2-19-31(29(35)30-26(28(33)34)21-36-20-24-11-7-4-8-12-24)27(32)25-17-15-23(16-18-25)14-13-22-9-5-3-6-10-22/h3-18,26H,2,19-21H2,1H3,(H,30,35)(H,33,34)/t26-/m0/s1. The molecule has 7 heteroatoms. The summed E-state index contributed by atoms with van der Waals surface area (Å²) in [6.45, 7) is 2.04. The first-order valence-electron chi connectivity index (χ1n) is 11.8. The SMILES string of the molecule is CCCN(C(=O)N[C@@H](CSCc1ccccc1)C(=O)O)C(=O)c1ccc(C=Cc2ccccc2)cc1. The average molecular weight is 503 g/mol. The predicted octanol–water partition coefficient (Wildman–Crippen LogP) is 5.81. The van der Waals surface area contributed by atoms with Crippen molar-refractivity contribution in [2.24, 2.45) is 0 Å². The molecule has 3 aromatic carbocycles. The Labute approximate surface area is 216 Å². The summed E-state index contributed by atoms with van der Waals surface area (Å²) < 4.78 is 0. The maximum Gasteiger partial charge on any atom is 0.327 e. The summed E-state index contributed by atoms with van der Waals surface area (Å²) in [4.78, 5) is 38.9. The van der Waals surface area contributed by atoms with Gasteiger partial charge in [0, 0.05) is 23.6 Å². The van der Waals surface area contributed by atoms with Gasteiger partial charge in [-0.15, -0.1) is 0 Å². The van der Waals surface area contributed by atoms with Gasteiger partial charge >= 0.3 is 12.0 Å². The molecule has 3 amide bonds. The number of carboxylic acid groups (broad SMARTS) is 1. The summed E-state index contributed by atoms with van der Waals surface area (Å²) in [5.74, 6) is -0.785. The number of nitrogens with one attached hydrogen (secondary N) is 1. The van der Waals surface area contributed by atoms with Crippen molar-refractivity contribution in [2.45, 2.75) is 25.1 Å². The molecule has 0 saturated carbocycles. The van der Waals surface area contributed by atoms with Gasteiger partial charge in [0.05, 0.1) is 0 Å². The van der Waals surface area contributed by atoms with E-state index in [0.29, 0.717) is 17.7 Å². The molecule has 0 spiro atoms. The van der Waals surface area contributed by atoms with Crippen LogP contribution in [0, 0.1) is 0 Å². The molecule has 0 radical (unpaired) electrons. The molecule has 186 valence electrons. The number of amides is 3. The van der Waals surface area contributed by atoms with E-state index in [1.54, 1.807) is 12.1 Å². The zero-order valence-corrected chi connectivity index (χ0v) is 21.0. The van der Waals surface area contributed by atoms with Crippen LogP contribution in [0.1, 0.15) is 40.4 Å². The van der Waals surface area contributed by atoms with Gasteiger partial charge in [-0.25, -0.2) is 9.59 Å². The van der Waals surface area contributed by atoms with Gasteiger partial charge < -0.3 is 10.4 Å². The molecule has 1 atom stereocenters. The number of benzene rings is 3. The number of nitrogens with zero attached hydrogens (tertiary/aromatic N) is 1. The monoisotopic (exact) mass is 502 g/mol. The summed E-state index contributed by atoms with van der Waals surface area (Å²) in [6, 6.07) is 24.7. The Morgan fingerprint density at radius 1 is 0.889 bits per heavy atom. The lowest BCUT2D eigenvalue weighted by molar-refractivity contribution is -0.138. The van der Waals surface area contributed by atoms with E-state index in [1.807, 2.05) is 91.9 Å². The largest absolute Gasteiger partial charge is 0.480 e. The Bertz CT molecular complexity index is 1160. The van der Waals surface area contributed by atoms with Gasteiger partial charge in [0.2, 0.25) is 0 Å². The van der Waals surface area contributed by atoms with Crippen molar-refractivity contribution in [3.63, 3.8) is 0 Å². The molecule has 3 rings (SSSR count). The predicted molar refractivity (Wildman–Crippen MR) is 146 cm³/mol. The van der Waals surface area contributed by atoms with Crippen molar-refractivity contribution < 1.29 is 19.5 Å². The van der Waals surface area contributed by atoms with Crippen LogP contribution in [0.2, 0.25) is 0 Å². The topological polar surface area (TPSA) is 86.7 Å². The van der Waals surface area contributed by atoms with Gasteiger partial charge in [0.15, 0.2) is 0 Å². The van der Waals surface area contributed by atoms with E-state index in [4.69, 9.17) is 0 Å². The summed E-state index contributed by atoms with van der Waals surface area (Å²) in [6.07, 6.45) is 4.48. The minimum absolute atomic E-state index is 0.184. The third-order valence-corrected chi connectivity index (χ3v) is 6.46. The summed E-state index contributed by atoms with van der Waals surface area (Å²) >= 11 is 1.41. The highest BCUT2D eigenvalue weighted by Gasteiger charge is 2.27. The van der Waals surface area contributed by atoms with Crippen LogP contribution in [0.3, 0.4) is 0 Å². The molecule has 0 aliphatic rings. The first kappa shape index (κ1) is 26.8. The van der Waals surface area contributed by atoms with E-state index in [2.05, 4.69) is 5.32 Å². The highest BCUT2D eigenvalue weighted by Crippen LogP contribution is 2.15. The van der Waals surface area contributed by atoms with Crippen molar-refractivity contribution in [1.29, 1.82) is 0 Å². The first-order chi connectivity index (χ1) is 17.5.